The molecule has 0 radical (unpaired) electrons. The molecule has 18 heavy (non-hydrogen) atoms. The van der Waals surface area contributed by atoms with Crippen molar-refractivity contribution in [1.82, 2.24) is 0 Å². The topological polar surface area (TPSA) is 0 Å². The first kappa shape index (κ1) is 14.4. The van der Waals surface area contributed by atoms with E-state index in [0.29, 0.717) is 11.3 Å². The Hall–Kier alpha value is -0.0100. The van der Waals surface area contributed by atoms with E-state index in [1.54, 1.807) is 0 Å². The predicted octanol–water partition coefficient (Wildman–Crippen LogP) is 5.67. The second kappa shape index (κ2) is 6.43. The predicted molar refractivity (Wildman–Crippen MR) is 83.2 cm³/mol. The molecule has 0 N–H and O–H groups in total. The molecule has 2 rings (SSSR count). The monoisotopic (exact) mass is 328 g/mol. The van der Waals surface area contributed by atoms with Crippen LogP contribution in [-0.4, -0.2) is 5.38 Å². The van der Waals surface area contributed by atoms with E-state index < -0.39 is 0 Å². The fraction of sp³-hybridized carbons (Fsp3) is 0.625. The van der Waals surface area contributed by atoms with Gasteiger partial charge in [0.1, 0.15) is 0 Å². The molecule has 0 heterocycles. The number of alkyl halides is 1. The molecule has 2 heteroatoms. The standard InChI is InChI=1S/C16H22BrCl/c1-11(2)12-7-8-16(18)14(9-12)10-13-5-3-4-6-15(13)17/h3-6,11-12,14,16H,7-10H2,1-2H3. The first-order chi connectivity index (χ1) is 8.58. The van der Waals surface area contributed by atoms with Crippen molar-refractivity contribution in [1.29, 1.82) is 0 Å². The van der Waals surface area contributed by atoms with Crippen LogP contribution in [0, 0.1) is 17.8 Å². The lowest BCUT2D eigenvalue weighted by atomic mass is 9.74. The second-order valence-electron chi connectivity index (χ2n) is 5.89. The Kier molecular flexibility index (Phi) is 5.14. The molecule has 0 spiro atoms. The quantitative estimate of drug-likeness (QED) is 0.627. The third-order valence-electron chi connectivity index (χ3n) is 4.31. The van der Waals surface area contributed by atoms with Crippen molar-refractivity contribution in [2.24, 2.45) is 17.8 Å². The maximum absolute atomic E-state index is 6.54. The van der Waals surface area contributed by atoms with E-state index in [-0.39, 0.29) is 0 Å². The maximum atomic E-state index is 6.54. The molecule has 3 unspecified atom stereocenters. The van der Waals surface area contributed by atoms with E-state index in [1.165, 1.54) is 29.3 Å². The van der Waals surface area contributed by atoms with Crippen LogP contribution in [0.2, 0.25) is 0 Å². The van der Waals surface area contributed by atoms with Crippen LogP contribution in [-0.2, 0) is 6.42 Å². The summed E-state index contributed by atoms with van der Waals surface area (Å²) in [6.07, 6.45) is 4.88. The lowest BCUT2D eigenvalue weighted by molar-refractivity contribution is 0.218. The third-order valence-corrected chi connectivity index (χ3v) is 5.66. The molecule has 1 fully saturated rings. The summed E-state index contributed by atoms with van der Waals surface area (Å²) in [6, 6.07) is 8.53. The number of halogens is 2. The van der Waals surface area contributed by atoms with Crippen molar-refractivity contribution < 1.29 is 0 Å². The minimum absolute atomic E-state index is 0.354. The third kappa shape index (κ3) is 3.51. The summed E-state index contributed by atoms with van der Waals surface area (Å²) >= 11 is 10.2. The summed E-state index contributed by atoms with van der Waals surface area (Å²) < 4.78 is 1.22. The zero-order valence-corrected chi connectivity index (χ0v) is 13.5. The average molecular weight is 330 g/mol. The summed E-state index contributed by atoms with van der Waals surface area (Å²) in [5.41, 5.74) is 1.40. The highest BCUT2D eigenvalue weighted by atomic mass is 79.9. The molecule has 0 nitrogen and oxygen atoms in total. The van der Waals surface area contributed by atoms with Crippen LogP contribution in [0.25, 0.3) is 0 Å². The Morgan fingerprint density at radius 1 is 1.28 bits per heavy atom. The Morgan fingerprint density at radius 3 is 2.67 bits per heavy atom. The van der Waals surface area contributed by atoms with E-state index in [1.807, 2.05) is 0 Å². The molecule has 1 saturated carbocycles. The molecule has 0 aromatic heterocycles. The van der Waals surface area contributed by atoms with Gasteiger partial charge in [0.25, 0.3) is 0 Å². The zero-order chi connectivity index (χ0) is 13.1. The van der Waals surface area contributed by atoms with E-state index in [9.17, 15) is 0 Å². The summed E-state index contributed by atoms with van der Waals surface area (Å²) in [5.74, 6) is 2.27. The summed E-state index contributed by atoms with van der Waals surface area (Å²) in [6.45, 7) is 4.68. The largest absolute Gasteiger partial charge is 0.123 e. The Morgan fingerprint density at radius 2 is 2.00 bits per heavy atom. The van der Waals surface area contributed by atoms with Gasteiger partial charge in [-0.05, 0) is 55.1 Å². The molecule has 1 aliphatic carbocycles. The molecule has 100 valence electrons. The lowest BCUT2D eigenvalue weighted by Crippen LogP contribution is -2.29. The van der Waals surface area contributed by atoms with Crippen molar-refractivity contribution in [3.8, 4) is 0 Å². The molecule has 1 aromatic carbocycles. The molecule has 0 saturated heterocycles. The first-order valence-electron chi connectivity index (χ1n) is 6.95. The molecular weight excluding hydrogens is 308 g/mol. The fourth-order valence-electron chi connectivity index (χ4n) is 3.03. The SMILES string of the molecule is CC(C)C1CCC(Cl)C(Cc2ccccc2Br)C1. The number of rotatable bonds is 3. The zero-order valence-electron chi connectivity index (χ0n) is 11.2. The van der Waals surface area contributed by atoms with Gasteiger partial charge in [0.05, 0.1) is 0 Å². The van der Waals surface area contributed by atoms with E-state index in [4.69, 9.17) is 11.6 Å². The normalized spacial score (nSPS) is 28.6. The van der Waals surface area contributed by atoms with Crippen molar-refractivity contribution >= 4 is 27.5 Å². The minimum atomic E-state index is 0.354. The molecule has 3 atom stereocenters. The molecule has 1 aromatic rings. The van der Waals surface area contributed by atoms with Gasteiger partial charge in [0.15, 0.2) is 0 Å². The number of hydrogen-bond acceptors (Lipinski definition) is 0. The van der Waals surface area contributed by atoms with Crippen LogP contribution in [0.3, 0.4) is 0 Å². The van der Waals surface area contributed by atoms with E-state index in [0.717, 1.165) is 18.3 Å². The van der Waals surface area contributed by atoms with Gasteiger partial charge in [-0.3, -0.25) is 0 Å². The minimum Gasteiger partial charge on any atom is -0.123 e. The molecular formula is C16H22BrCl. The van der Waals surface area contributed by atoms with Crippen LogP contribution >= 0.6 is 27.5 Å². The van der Waals surface area contributed by atoms with Crippen LogP contribution in [0.15, 0.2) is 28.7 Å². The Balaban J connectivity index is 2.05. The summed E-state index contributed by atoms with van der Waals surface area (Å²) in [7, 11) is 0. The van der Waals surface area contributed by atoms with E-state index >= 15 is 0 Å². The van der Waals surface area contributed by atoms with Crippen LogP contribution < -0.4 is 0 Å². The fourth-order valence-corrected chi connectivity index (χ4v) is 3.79. The molecule has 0 aliphatic heterocycles. The van der Waals surface area contributed by atoms with Crippen molar-refractivity contribution in [3.05, 3.63) is 34.3 Å². The van der Waals surface area contributed by atoms with Gasteiger partial charge >= 0.3 is 0 Å². The van der Waals surface area contributed by atoms with Crippen LogP contribution in [0.5, 0.6) is 0 Å². The summed E-state index contributed by atoms with van der Waals surface area (Å²) in [4.78, 5) is 0. The van der Waals surface area contributed by atoms with Crippen LogP contribution in [0.1, 0.15) is 38.7 Å². The average Bonchev–Trinajstić information content (AvgIpc) is 2.34. The van der Waals surface area contributed by atoms with Gasteiger partial charge in [-0.1, -0.05) is 48.0 Å². The highest BCUT2D eigenvalue weighted by Gasteiger charge is 2.30. The second-order valence-corrected chi connectivity index (χ2v) is 7.30. The van der Waals surface area contributed by atoms with E-state index in [2.05, 4.69) is 54.0 Å². The number of benzene rings is 1. The van der Waals surface area contributed by atoms with Gasteiger partial charge in [0.2, 0.25) is 0 Å². The maximum Gasteiger partial charge on any atom is 0.0367 e. The van der Waals surface area contributed by atoms with Crippen molar-refractivity contribution in [3.63, 3.8) is 0 Å². The van der Waals surface area contributed by atoms with Gasteiger partial charge in [0, 0.05) is 9.85 Å². The smallest absolute Gasteiger partial charge is 0.0367 e. The van der Waals surface area contributed by atoms with Crippen molar-refractivity contribution in [2.75, 3.05) is 0 Å². The Labute approximate surface area is 124 Å². The highest BCUT2D eigenvalue weighted by molar-refractivity contribution is 9.10. The number of hydrogen-bond donors (Lipinski definition) is 0. The first-order valence-corrected chi connectivity index (χ1v) is 8.18. The van der Waals surface area contributed by atoms with Gasteiger partial charge < -0.3 is 0 Å². The molecule has 0 amide bonds. The summed E-state index contributed by atoms with van der Waals surface area (Å²) in [5, 5.41) is 0.354. The van der Waals surface area contributed by atoms with Gasteiger partial charge in [-0.25, -0.2) is 0 Å². The van der Waals surface area contributed by atoms with Gasteiger partial charge in [-0.15, -0.1) is 11.6 Å². The lowest BCUT2D eigenvalue weighted by Gasteiger charge is -2.35. The molecule has 1 aliphatic rings. The van der Waals surface area contributed by atoms with Crippen molar-refractivity contribution in [2.45, 2.75) is 44.9 Å². The Bertz CT molecular complexity index is 388. The highest BCUT2D eigenvalue weighted by Crippen LogP contribution is 2.38. The van der Waals surface area contributed by atoms with Crippen LogP contribution in [0.4, 0.5) is 0 Å². The van der Waals surface area contributed by atoms with Gasteiger partial charge in [-0.2, -0.15) is 0 Å². The molecule has 0 bridgehead atoms.